The molecule has 0 unspecified atom stereocenters. The molecule has 0 atom stereocenters. The average molecular weight is 317 g/mol. The summed E-state index contributed by atoms with van der Waals surface area (Å²) in [7, 11) is 0. The van der Waals surface area contributed by atoms with Gasteiger partial charge in [0.15, 0.2) is 5.82 Å². The summed E-state index contributed by atoms with van der Waals surface area (Å²) in [4.78, 5) is 9.06. The number of fused-ring (bicyclic) bond motifs is 1. The summed E-state index contributed by atoms with van der Waals surface area (Å²) < 4.78 is 0. The zero-order valence-electron chi connectivity index (χ0n) is 12.0. The molecule has 2 nitrogen and oxygen atoms in total. The van der Waals surface area contributed by atoms with E-state index in [1.54, 1.807) is 0 Å². The lowest BCUT2D eigenvalue weighted by atomic mass is 10.1. The highest BCUT2D eigenvalue weighted by atomic mass is 35.5. The van der Waals surface area contributed by atoms with Gasteiger partial charge in [-0.25, -0.2) is 9.97 Å². The van der Waals surface area contributed by atoms with Crippen LogP contribution in [0.25, 0.3) is 22.3 Å². The highest BCUT2D eigenvalue weighted by Gasteiger charge is 2.12. The second-order valence-corrected chi connectivity index (χ2v) is 6.06. The fourth-order valence-electron chi connectivity index (χ4n) is 2.51. The molecule has 106 valence electrons. The van der Waals surface area contributed by atoms with Crippen molar-refractivity contribution in [2.45, 2.75) is 20.8 Å². The van der Waals surface area contributed by atoms with E-state index in [-0.39, 0.29) is 0 Å². The van der Waals surface area contributed by atoms with E-state index in [4.69, 9.17) is 23.2 Å². The summed E-state index contributed by atoms with van der Waals surface area (Å²) in [6.45, 7) is 6.06. The van der Waals surface area contributed by atoms with Crippen LogP contribution in [0.3, 0.4) is 0 Å². The number of aromatic nitrogens is 2. The molecule has 3 aromatic rings. The van der Waals surface area contributed by atoms with Crippen molar-refractivity contribution in [3.63, 3.8) is 0 Å². The Labute approximate surface area is 133 Å². The largest absolute Gasteiger partial charge is 0.228 e. The van der Waals surface area contributed by atoms with Crippen LogP contribution >= 0.6 is 23.2 Å². The molecule has 0 amide bonds. The molecular formula is C17H14Cl2N2. The smallest absolute Gasteiger partial charge is 0.162 e. The minimum absolute atomic E-state index is 0.462. The normalized spacial score (nSPS) is 11.1. The van der Waals surface area contributed by atoms with E-state index >= 15 is 0 Å². The van der Waals surface area contributed by atoms with Gasteiger partial charge in [-0.2, -0.15) is 0 Å². The zero-order chi connectivity index (χ0) is 15.1. The maximum absolute atomic E-state index is 6.36. The second kappa shape index (κ2) is 5.28. The quantitative estimate of drug-likeness (QED) is 0.552. The maximum atomic E-state index is 6.36. The molecule has 21 heavy (non-hydrogen) atoms. The van der Waals surface area contributed by atoms with Crippen LogP contribution in [0.4, 0.5) is 0 Å². The van der Waals surface area contributed by atoms with Crippen LogP contribution in [0.5, 0.6) is 0 Å². The first kappa shape index (κ1) is 14.3. The Morgan fingerprint density at radius 1 is 0.857 bits per heavy atom. The van der Waals surface area contributed by atoms with Gasteiger partial charge in [-0.15, -0.1) is 0 Å². The molecule has 0 N–H and O–H groups in total. The molecule has 0 fully saturated rings. The molecule has 2 aromatic carbocycles. The van der Waals surface area contributed by atoms with Crippen molar-refractivity contribution in [3.05, 3.63) is 57.2 Å². The van der Waals surface area contributed by atoms with E-state index in [0.717, 1.165) is 33.2 Å². The fraction of sp³-hybridized carbons (Fsp3) is 0.176. The number of rotatable bonds is 1. The van der Waals surface area contributed by atoms with E-state index in [1.165, 1.54) is 0 Å². The van der Waals surface area contributed by atoms with Gasteiger partial charge in [0, 0.05) is 10.9 Å². The van der Waals surface area contributed by atoms with Crippen LogP contribution in [-0.4, -0.2) is 9.97 Å². The van der Waals surface area contributed by atoms with Gasteiger partial charge in [0.1, 0.15) is 5.15 Å². The highest BCUT2D eigenvalue weighted by molar-refractivity contribution is 6.35. The number of aryl methyl sites for hydroxylation is 3. The summed E-state index contributed by atoms with van der Waals surface area (Å²) in [5, 5.41) is 1.99. The molecule has 0 aliphatic rings. The Hall–Kier alpha value is -1.64. The molecule has 0 saturated heterocycles. The summed E-state index contributed by atoms with van der Waals surface area (Å²) in [5.41, 5.74) is 4.97. The average Bonchev–Trinajstić information content (AvgIpc) is 2.36. The van der Waals surface area contributed by atoms with Gasteiger partial charge in [0.25, 0.3) is 0 Å². The number of hydrogen-bond donors (Lipinski definition) is 0. The number of nitrogens with zero attached hydrogens (tertiary/aromatic N) is 2. The van der Waals surface area contributed by atoms with E-state index in [9.17, 15) is 0 Å². The van der Waals surface area contributed by atoms with Gasteiger partial charge in [-0.3, -0.25) is 0 Å². The molecule has 0 spiro atoms. The Morgan fingerprint density at radius 2 is 1.62 bits per heavy atom. The molecule has 0 aliphatic heterocycles. The minimum atomic E-state index is 0.462. The van der Waals surface area contributed by atoms with Crippen LogP contribution in [0.1, 0.15) is 16.7 Å². The molecule has 3 rings (SSSR count). The van der Waals surface area contributed by atoms with Gasteiger partial charge in [0.05, 0.1) is 10.5 Å². The lowest BCUT2D eigenvalue weighted by Gasteiger charge is -2.09. The second-order valence-electron chi connectivity index (χ2n) is 5.30. The van der Waals surface area contributed by atoms with Crippen LogP contribution in [0.2, 0.25) is 10.2 Å². The monoisotopic (exact) mass is 316 g/mol. The Morgan fingerprint density at radius 3 is 2.33 bits per heavy atom. The van der Waals surface area contributed by atoms with Crippen molar-refractivity contribution in [2.75, 3.05) is 0 Å². The molecule has 4 heteroatoms. The van der Waals surface area contributed by atoms with Crippen molar-refractivity contribution in [1.82, 2.24) is 9.97 Å². The van der Waals surface area contributed by atoms with Crippen molar-refractivity contribution in [3.8, 4) is 11.4 Å². The van der Waals surface area contributed by atoms with E-state index < -0.39 is 0 Å². The highest BCUT2D eigenvalue weighted by Crippen LogP contribution is 2.31. The predicted molar refractivity (Wildman–Crippen MR) is 89.2 cm³/mol. The maximum Gasteiger partial charge on any atom is 0.162 e. The van der Waals surface area contributed by atoms with Gasteiger partial charge < -0.3 is 0 Å². The van der Waals surface area contributed by atoms with Crippen molar-refractivity contribution >= 4 is 34.1 Å². The molecule has 1 heterocycles. The third kappa shape index (κ3) is 2.61. The van der Waals surface area contributed by atoms with Crippen molar-refractivity contribution in [1.29, 1.82) is 0 Å². The van der Waals surface area contributed by atoms with Gasteiger partial charge in [-0.05, 0) is 55.7 Å². The summed E-state index contributed by atoms with van der Waals surface area (Å²) in [6.07, 6.45) is 0. The van der Waals surface area contributed by atoms with E-state index in [2.05, 4.69) is 16.0 Å². The first-order chi connectivity index (χ1) is 9.95. The molecule has 0 saturated carbocycles. The Bertz CT molecular complexity index is 857. The lowest BCUT2D eigenvalue weighted by Crippen LogP contribution is -1.95. The minimum Gasteiger partial charge on any atom is -0.228 e. The Kier molecular flexibility index (Phi) is 3.60. The number of benzene rings is 2. The van der Waals surface area contributed by atoms with Gasteiger partial charge in [0.2, 0.25) is 0 Å². The van der Waals surface area contributed by atoms with Gasteiger partial charge >= 0.3 is 0 Å². The van der Waals surface area contributed by atoms with Crippen LogP contribution in [-0.2, 0) is 0 Å². The van der Waals surface area contributed by atoms with Crippen molar-refractivity contribution < 1.29 is 0 Å². The first-order valence-electron chi connectivity index (χ1n) is 6.67. The molecule has 0 aliphatic carbocycles. The summed E-state index contributed by atoms with van der Waals surface area (Å²) in [6, 6.07) is 9.92. The third-order valence-corrected chi connectivity index (χ3v) is 4.05. The zero-order valence-corrected chi connectivity index (χ0v) is 13.5. The predicted octanol–water partition coefficient (Wildman–Crippen LogP) is 5.53. The number of hydrogen-bond acceptors (Lipinski definition) is 2. The SMILES string of the molecule is Cc1ccc(-c2nc(Cl)c3c(C)cc(C)cc3n2)c(Cl)c1. The number of halogens is 2. The fourth-order valence-corrected chi connectivity index (χ4v) is 3.16. The van der Waals surface area contributed by atoms with E-state index in [1.807, 2.05) is 45.0 Å². The topological polar surface area (TPSA) is 25.8 Å². The molecule has 0 bridgehead atoms. The molecular weight excluding hydrogens is 303 g/mol. The summed E-state index contributed by atoms with van der Waals surface area (Å²) in [5.74, 6) is 0.558. The van der Waals surface area contributed by atoms with Crippen LogP contribution in [0, 0.1) is 20.8 Å². The molecule has 0 radical (unpaired) electrons. The summed E-state index contributed by atoms with van der Waals surface area (Å²) >= 11 is 12.7. The van der Waals surface area contributed by atoms with Crippen molar-refractivity contribution in [2.24, 2.45) is 0 Å². The first-order valence-corrected chi connectivity index (χ1v) is 7.42. The Balaban J connectivity index is 2.30. The lowest BCUT2D eigenvalue weighted by molar-refractivity contribution is 1.21. The molecule has 1 aromatic heterocycles. The van der Waals surface area contributed by atoms with E-state index in [0.29, 0.717) is 16.0 Å². The van der Waals surface area contributed by atoms with Crippen LogP contribution < -0.4 is 0 Å². The third-order valence-electron chi connectivity index (χ3n) is 3.46. The van der Waals surface area contributed by atoms with Gasteiger partial charge in [-0.1, -0.05) is 35.3 Å². The standard InChI is InChI=1S/C17H14Cl2N2/c1-9-4-5-12(13(18)7-9)17-20-14-8-10(2)6-11(3)15(14)16(19)21-17/h4-8H,1-3H3. The van der Waals surface area contributed by atoms with Crippen LogP contribution in [0.15, 0.2) is 30.3 Å².